The molecule has 4 heteroatoms. The van der Waals surface area contributed by atoms with E-state index in [1.54, 1.807) is 0 Å². The molecule has 0 amide bonds. The second-order valence-corrected chi connectivity index (χ2v) is 9.49. The van der Waals surface area contributed by atoms with Crippen LogP contribution in [0.2, 0.25) is 0 Å². The first kappa shape index (κ1) is 22.3. The molecule has 182 valence electrons. The van der Waals surface area contributed by atoms with Crippen molar-refractivity contribution in [1.29, 1.82) is 0 Å². The highest BCUT2D eigenvalue weighted by molar-refractivity contribution is 6.12. The zero-order valence-electron chi connectivity index (χ0n) is 21.1. The Morgan fingerprint density at radius 1 is 0.579 bits per heavy atom. The van der Waals surface area contributed by atoms with Gasteiger partial charge in [-0.15, -0.1) is 10.2 Å². The molecule has 0 aliphatic heterocycles. The molecular weight excluding hydrogens is 464 g/mol. The standard InChI is InChI=1S/C34H26N4/c1-2-24-17-22-29-30-15-9-10-16-32(30)38-33(35-36-34(38)31(29)23-24)25-18-20-28(21-19-25)37(26-11-5-3-6-12-26)27-13-7-4-8-14-27/h3-23H,2H2,1H3. The van der Waals surface area contributed by atoms with Crippen molar-refractivity contribution in [3.63, 3.8) is 0 Å². The van der Waals surface area contributed by atoms with Crippen molar-refractivity contribution < 1.29 is 0 Å². The van der Waals surface area contributed by atoms with Crippen molar-refractivity contribution in [3.8, 4) is 11.4 Å². The van der Waals surface area contributed by atoms with Crippen LogP contribution in [0.25, 0.3) is 38.7 Å². The van der Waals surface area contributed by atoms with Crippen LogP contribution in [0.15, 0.2) is 127 Å². The number of anilines is 3. The topological polar surface area (TPSA) is 33.4 Å². The van der Waals surface area contributed by atoms with Gasteiger partial charge in [0.05, 0.1) is 5.52 Å². The van der Waals surface area contributed by atoms with Crippen molar-refractivity contribution in [3.05, 3.63) is 133 Å². The molecule has 0 unspecified atom stereocenters. The van der Waals surface area contributed by atoms with Gasteiger partial charge in [-0.3, -0.25) is 4.40 Å². The number of aromatic nitrogens is 3. The largest absolute Gasteiger partial charge is 0.311 e. The Morgan fingerprint density at radius 3 is 1.89 bits per heavy atom. The summed E-state index contributed by atoms with van der Waals surface area (Å²) in [6, 6.07) is 44.7. The first-order valence-electron chi connectivity index (χ1n) is 13.0. The molecule has 0 aliphatic rings. The van der Waals surface area contributed by atoms with Gasteiger partial charge >= 0.3 is 0 Å². The number of pyridine rings is 1. The molecular formula is C34H26N4. The SMILES string of the molecule is CCc1ccc2c3ccccc3n3c(-c4ccc(N(c5ccccc5)c5ccccc5)cc4)nnc3c2c1. The molecule has 2 aromatic heterocycles. The Balaban J connectivity index is 1.40. The van der Waals surface area contributed by atoms with E-state index >= 15 is 0 Å². The third kappa shape index (κ3) is 3.61. The zero-order valence-corrected chi connectivity index (χ0v) is 21.1. The predicted octanol–water partition coefficient (Wildman–Crippen LogP) is 8.73. The fourth-order valence-electron chi connectivity index (χ4n) is 5.36. The smallest absolute Gasteiger partial charge is 0.169 e. The van der Waals surface area contributed by atoms with E-state index in [1.165, 1.54) is 16.3 Å². The minimum absolute atomic E-state index is 0.845. The third-order valence-electron chi connectivity index (χ3n) is 7.24. The lowest BCUT2D eigenvalue weighted by Gasteiger charge is -2.25. The average molecular weight is 491 g/mol. The van der Waals surface area contributed by atoms with Gasteiger partial charge in [0.2, 0.25) is 0 Å². The Bertz CT molecular complexity index is 1850. The van der Waals surface area contributed by atoms with Crippen LogP contribution >= 0.6 is 0 Å². The van der Waals surface area contributed by atoms with Crippen LogP contribution < -0.4 is 4.90 Å². The first-order chi connectivity index (χ1) is 18.8. The van der Waals surface area contributed by atoms with Gasteiger partial charge in [0.1, 0.15) is 0 Å². The van der Waals surface area contributed by atoms with Crippen LogP contribution in [-0.4, -0.2) is 14.6 Å². The summed E-state index contributed by atoms with van der Waals surface area (Å²) in [6.07, 6.45) is 0.983. The highest BCUT2D eigenvalue weighted by Gasteiger charge is 2.17. The van der Waals surface area contributed by atoms with Gasteiger partial charge in [-0.1, -0.05) is 73.7 Å². The minimum Gasteiger partial charge on any atom is -0.311 e. The van der Waals surface area contributed by atoms with Crippen LogP contribution in [-0.2, 0) is 6.42 Å². The van der Waals surface area contributed by atoms with Gasteiger partial charge in [0.15, 0.2) is 11.5 Å². The molecule has 38 heavy (non-hydrogen) atoms. The fraction of sp³-hybridized carbons (Fsp3) is 0.0588. The van der Waals surface area contributed by atoms with Gasteiger partial charge in [0.25, 0.3) is 0 Å². The van der Waals surface area contributed by atoms with Gasteiger partial charge in [-0.25, -0.2) is 0 Å². The van der Waals surface area contributed by atoms with E-state index in [2.05, 4.69) is 131 Å². The van der Waals surface area contributed by atoms with E-state index in [0.29, 0.717) is 0 Å². The van der Waals surface area contributed by atoms with Gasteiger partial charge in [-0.2, -0.15) is 0 Å². The second-order valence-electron chi connectivity index (χ2n) is 9.49. The Labute approximate surface area is 221 Å². The van der Waals surface area contributed by atoms with Gasteiger partial charge < -0.3 is 4.90 Å². The van der Waals surface area contributed by atoms with Crippen molar-refractivity contribution in [2.45, 2.75) is 13.3 Å². The number of rotatable bonds is 5. The molecule has 5 aromatic carbocycles. The molecule has 7 aromatic rings. The van der Waals surface area contributed by atoms with E-state index in [0.717, 1.165) is 51.4 Å². The summed E-state index contributed by atoms with van der Waals surface area (Å²) >= 11 is 0. The summed E-state index contributed by atoms with van der Waals surface area (Å²) in [5.74, 6) is 0.845. The summed E-state index contributed by atoms with van der Waals surface area (Å²) < 4.78 is 2.21. The monoisotopic (exact) mass is 490 g/mol. The van der Waals surface area contributed by atoms with Gasteiger partial charge in [-0.05, 0) is 78.0 Å². The molecule has 0 fully saturated rings. The average Bonchev–Trinajstić information content (AvgIpc) is 3.44. The van der Waals surface area contributed by atoms with Crippen molar-refractivity contribution in [2.75, 3.05) is 4.90 Å². The van der Waals surface area contributed by atoms with Crippen LogP contribution in [0.1, 0.15) is 12.5 Å². The van der Waals surface area contributed by atoms with E-state index in [9.17, 15) is 0 Å². The molecule has 0 spiro atoms. The summed E-state index contributed by atoms with van der Waals surface area (Å²) in [5.41, 5.74) is 7.64. The molecule has 2 heterocycles. The maximum absolute atomic E-state index is 4.71. The van der Waals surface area contributed by atoms with E-state index in [4.69, 9.17) is 10.2 Å². The number of hydrogen-bond donors (Lipinski definition) is 0. The number of benzene rings is 5. The Kier molecular flexibility index (Phi) is 5.37. The van der Waals surface area contributed by atoms with Crippen LogP contribution in [0.5, 0.6) is 0 Å². The summed E-state index contributed by atoms with van der Waals surface area (Å²) in [4.78, 5) is 2.26. The van der Waals surface area contributed by atoms with Crippen LogP contribution in [0.3, 0.4) is 0 Å². The summed E-state index contributed by atoms with van der Waals surface area (Å²) in [5, 5.41) is 13.0. The maximum Gasteiger partial charge on any atom is 0.169 e. The summed E-state index contributed by atoms with van der Waals surface area (Å²) in [6.45, 7) is 2.18. The van der Waals surface area contributed by atoms with Gasteiger partial charge in [0, 0.05) is 33.4 Å². The lowest BCUT2D eigenvalue weighted by molar-refractivity contribution is 1.12. The van der Waals surface area contributed by atoms with Crippen LogP contribution in [0.4, 0.5) is 17.1 Å². The molecule has 0 saturated carbocycles. The number of aryl methyl sites for hydroxylation is 1. The Hall–Kier alpha value is -4.96. The highest BCUT2D eigenvalue weighted by Crippen LogP contribution is 2.36. The summed E-state index contributed by atoms with van der Waals surface area (Å²) in [7, 11) is 0. The minimum atomic E-state index is 0.845. The molecule has 7 rings (SSSR count). The molecule has 0 bridgehead atoms. The molecule has 4 nitrogen and oxygen atoms in total. The van der Waals surface area contributed by atoms with E-state index in [-0.39, 0.29) is 0 Å². The lowest BCUT2D eigenvalue weighted by atomic mass is 10.0. The molecule has 0 N–H and O–H groups in total. The highest BCUT2D eigenvalue weighted by atomic mass is 15.2. The maximum atomic E-state index is 4.71. The van der Waals surface area contributed by atoms with Crippen molar-refractivity contribution in [2.24, 2.45) is 0 Å². The normalized spacial score (nSPS) is 11.4. The lowest BCUT2D eigenvalue weighted by Crippen LogP contribution is -2.09. The van der Waals surface area contributed by atoms with Crippen molar-refractivity contribution >= 4 is 44.4 Å². The third-order valence-corrected chi connectivity index (χ3v) is 7.24. The number of para-hydroxylation sites is 3. The molecule has 0 radical (unpaired) electrons. The first-order valence-corrected chi connectivity index (χ1v) is 13.0. The number of fused-ring (bicyclic) bond motifs is 6. The second kappa shape index (κ2) is 9.16. The quantitative estimate of drug-likeness (QED) is 0.226. The molecule has 0 saturated heterocycles. The van der Waals surface area contributed by atoms with Crippen molar-refractivity contribution in [1.82, 2.24) is 14.6 Å². The fourth-order valence-corrected chi connectivity index (χ4v) is 5.36. The Morgan fingerprint density at radius 2 is 1.21 bits per heavy atom. The molecule has 0 atom stereocenters. The zero-order chi connectivity index (χ0) is 25.5. The number of hydrogen-bond acceptors (Lipinski definition) is 3. The predicted molar refractivity (Wildman–Crippen MR) is 157 cm³/mol. The number of nitrogens with zero attached hydrogens (tertiary/aromatic N) is 4. The van der Waals surface area contributed by atoms with Crippen LogP contribution in [0, 0.1) is 0 Å². The van der Waals surface area contributed by atoms with E-state index < -0.39 is 0 Å². The van der Waals surface area contributed by atoms with E-state index in [1.807, 2.05) is 12.1 Å². The molecule has 0 aliphatic carbocycles.